The maximum Gasteiger partial charge on any atom is 0.355 e. The molecule has 7 heteroatoms. The summed E-state index contributed by atoms with van der Waals surface area (Å²) in [6, 6.07) is -0.225. The number of rotatable bonds is 6. The fraction of sp³-hybridized carbons (Fsp3) is 0.562. The van der Waals surface area contributed by atoms with E-state index in [4.69, 9.17) is 4.74 Å². The van der Waals surface area contributed by atoms with Crippen LogP contribution in [0.15, 0.2) is 0 Å². The molecular weight excluding hydrogens is 298 g/mol. The molecule has 0 unspecified atom stereocenters. The zero-order chi connectivity index (χ0) is 17.7. The van der Waals surface area contributed by atoms with Crippen molar-refractivity contribution in [3.63, 3.8) is 0 Å². The summed E-state index contributed by atoms with van der Waals surface area (Å²) < 4.78 is 4.98. The molecule has 0 bridgehead atoms. The fourth-order valence-electron chi connectivity index (χ4n) is 2.43. The number of aromatic amines is 1. The van der Waals surface area contributed by atoms with Gasteiger partial charge in [-0.05, 0) is 33.3 Å². The zero-order valence-electron chi connectivity index (χ0n) is 14.6. The van der Waals surface area contributed by atoms with Crippen molar-refractivity contribution in [3.05, 3.63) is 22.5 Å². The Bertz CT molecular complexity index is 605. The van der Waals surface area contributed by atoms with Gasteiger partial charge in [-0.15, -0.1) is 0 Å². The number of carbonyl (C=O) groups excluding carboxylic acids is 3. The van der Waals surface area contributed by atoms with E-state index < -0.39 is 5.97 Å². The summed E-state index contributed by atoms with van der Waals surface area (Å²) in [7, 11) is 3.28. The fourth-order valence-corrected chi connectivity index (χ4v) is 2.43. The first-order valence-corrected chi connectivity index (χ1v) is 7.60. The number of aryl methyl sites for hydroxylation is 1. The van der Waals surface area contributed by atoms with Crippen LogP contribution >= 0.6 is 0 Å². The van der Waals surface area contributed by atoms with E-state index in [0.29, 0.717) is 23.4 Å². The third-order valence-corrected chi connectivity index (χ3v) is 3.57. The first kappa shape index (κ1) is 18.7. The Balaban J connectivity index is 3.05. The van der Waals surface area contributed by atoms with Crippen LogP contribution in [0.25, 0.3) is 0 Å². The second-order valence-electron chi connectivity index (χ2n) is 5.46. The maximum absolute atomic E-state index is 12.6. The third-order valence-electron chi connectivity index (χ3n) is 3.57. The number of Topliss-reactive ketones (excluding diaryl/α,β-unsaturated/α-hetero) is 1. The van der Waals surface area contributed by atoms with Gasteiger partial charge in [0.2, 0.25) is 0 Å². The van der Waals surface area contributed by atoms with Crippen molar-refractivity contribution >= 4 is 17.8 Å². The van der Waals surface area contributed by atoms with E-state index >= 15 is 0 Å². The molecule has 0 aliphatic rings. The van der Waals surface area contributed by atoms with Crippen LogP contribution in [0.1, 0.15) is 46.0 Å². The number of hydrogen-bond acceptors (Lipinski definition) is 4. The molecule has 0 aliphatic heterocycles. The maximum atomic E-state index is 12.6. The minimum Gasteiger partial charge on any atom is -0.461 e. The van der Waals surface area contributed by atoms with E-state index in [0.717, 1.165) is 0 Å². The van der Waals surface area contributed by atoms with Crippen LogP contribution in [0.5, 0.6) is 0 Å². The second kappa shape index (κ2) is 7.80. The Morgan fingerprint density at radius 3 is 2.22 bits per heavy atom. The van der Waals surface area contributed by atoms with Gasteiger partial charge in [0.05, 0.1) is 13.2 Å². The molecule has 0 aliphatic carbocycles. The number of amides is 2. The molecule has 1 aromatic rings. The topological polar surface area (TPSA) is 82.7 Å². The van der Waals surface area contributed by atoms with Gasteiger partial charge in [-0.25, -0.2) is 9.59 Å². The number of carbonyl (C=O) groups is 3. The highest BCUT2D eigenvalue weighted by Crippen LogP contribution is 2.20. The van der Waals surface area contributed by atoms with Gasteiger partial charge in [-0.1, -0.05) is 0 Å². The normalized spacial score (nSPS) is 10.3. The van der Waals surface area contributed by atoms with Crippen LogP contribution in [-0.4, -0.2) is 66.4 Å². The zero-order valence-corrected chi connectivity index (χ0v) is 14.6. The van der Waals surface area contributed by atoms with Crippen molar-refractivity contribution in [1.29, 1.82) is 0 Å². The molecule has 0 atom stereocenters. The lowest BCUT2D eigenvalue weighted by atomic mass is 10.1. The molecule has 1 heterocycles. The standard InChI is InChI=1S/C16H25N3O4/c1-7-19(16(22)18(5)6)9-12(20)13-10(3)14(17-11(13)4)15(21)23-8-2/h17H,7-9H2,1-6H3. The molecule has 2 amide bonds. The number of H-pyrrole nitrogens is 1. The Labute approximate surface area is 136 Å². The average Bonchev–Trinajstić information content (AvgIpc) is 2.79. The molecule has 23 heavy (non-hydrogen) atoms. The van der Waals surface area contributed by atoms with Gasteiger partial charge in [-0.3, -0.25) is 4.79 Å². The smallest absolute Gasteiger partial charge is 0.355 e. The highest BCUT2D eigenvalue weighted by Gasteiger charge is 2.25. The molecule has 7 nitrogen and oxygen atoms in total. The molecule has 0 spiro atoms. The molecule has 0 saturated carbocycles. The number of urea groups is 1. The average molecular weight is 323 g/mol. The van der Waals surface area contributed by atoms with Crippen molar-refractivity contribution in [1.82, 2.24) is 14.8 Å². The minimum absolute atomic E-state index is 0.0324. The predicted molar refractivity (Wildman–Crippen MR) is 86.9 cm³/mol. The Morgan fingerprint density at radius 2 is 1.74 bits per heavy atom. The van der Waals surface area contributed by atoms with Crippen molar-refractivity contribution in [2.75, 3.05) is 33.8 Å². The van der Waals surface area contributed by atoms with Gasteiger partial charge >= 0.3 is 12.0 Å². The first-order valence-electron chi connectivity index (χ1n) is 7.60. The molecule has 1 rings (SSSR count). The summed E-state index contributed by atoms with van der Waals surface area (Å²) in [5, 5.41) is 0. The number of ketones is 1. The number of likely N-dealkylation sites (N-methyl/N-ethyl adjacent to an activating group) is 1. The minimum atomic E-state index is -0.483. The van der Waals surface area contributed by atoms with Crippen molar-refractivity contribution in [2.24, 2.45) is 0 Å². The van der Waals surface area contributed by atoms with E-state index in [1.54, 1.807) is 34.9 Å². The Kier molecular flexibility index (Phi) is 6.36. The van der Waals surface area contributed by atoms with Gasteiger partial charge in [0, 0.05) is 31.9 Å². The molecule has 128 valence electrons. The lowest BCUT2D eigenvalue weighted by Crippen LogP contribution is -2.42. The van der Waals surface area contributed by atoms with E-state index in [1.807, 2.05) is 6.92 Å². The van der Waals surface area contributed by atoms with E-state index in [2.05, 4.69) is 4.98 Å². The number of esters is 1. The predicted octanol–water partition coefficient (Wildman–Crippen LogP) is 1.99. The van der Waals surface area contributed by atoms with Crippen LogP contribution in [0.2, 0.25) is 0 Å². The van der Waals surface area contributed by atoms with Gasteiger partial charge in [0.15, 0.2) is 5.78 Å². The van der Waals surface area contributed by atoms with E-state index in [1.165, 1.54) is 9.80 Å². The summed E-state index contributed by atoms with van der Waals surface area (Å²) in [5.41, 5.74) is 1.89. The van der Waals surface area contributed by atoms with Crippen LogP contribution in [-0.2, 0) is 4.74 Å². The summed E-state index contributed by atoms with van der Waals surface area (Å²) in [4.78, 5) is 42.3. The highest BCUT2D eigenvalue weighted by molar-refractivity contribution is 6.04. The quantitative estimate of drug-likeness (QED) is 0.641. The number of aromatic nitrogens is 1. The van der Waals surface area contributed by atoms with Gasteiger partial charge in [0.1, 0.15) is 5.69 Å². The van der Waals surface area contributed by atoms with Crippen LogP contribution in [0.3, 0.4) is 0 Å². The molecule has 0 aromatic carbocycles. The second-order valence-corrected chi connectivity index (χ2v) is 5.46. The Morgan fingerprint density at radius 1 is 1.13 bits per heavy atom. The molecule has 0 radical (unpaired) electrons. The van der Waals surface area contributed by atoms with Crippen molar-refractivity contribution < 1.29 is 19.1 Å². The van der Waals surface area contributed by atoms with Crippen LogP contribution < -0.4 is 0 Å². The number of hydrogen-bond donors (Lipinski definition) is 1. The number of nitrogens with one attached hydrogen (secondary N) is 1. The molecule has 0 fully saturated rings. The Hall–Kier alpha value is -2.31. The molecule has 0 saturated heterocycles. The van der Waals surface area contributed by atoms with Crippen LogP contribution in [0.4, 0.5) is 4.79 Å². The largest absolute Gasteiger partial charge is 0.461 e. The van der Waals surface area contributed by atoms with E-state index in [9.17, 15) is 14.4 Å². The van der Waals surface area contributed by atoms with Crippen LogP contribution in [0, 0.1) is 13.8 Å². The molecular formula is C16H25N3O4. The summed E-state index contributed by atoms with van der Waals surface area (Å²) in [6.45, 7) is 7.63. The number of ether oxygens (including phenoxy) is 1. The van der Waals surface area contributed by atoms with Gasteiger partial charge in [-0.2, -0.15) is 0 Å². The number of nitrogens with zero attached hydrogens (tertiary/aromatic N) is 2. The molecule has 1 N–H and O–H groups in total. The third kappa shape index (κ3) is 4.12. The first-order chi connectivity index (χ1) is 10.7. The highest BCUT2D eigenvalue weighted by atomic mass is 16.5. The summed E-state index contributed by atoms with van der Waals surface area (Å²) in [5.74, 6) is -0.687. The molecule has 1 aromatic heterocycles. The van der Waals surface area contributed by atoms with Crippen molar-refractivity contribution in [3.8, 4) is 0 Å². The summed E-state index contributed by atoms with van der Waals surface area (Å²) in [6.07, 6.45) is 0. The van der Waals surface area contributed by atoms with Gasteiger partial charge < -0.3 is 19.5 Å². The van der Waals surface area contributed by atoms with E-state index in [-0.39, 0.29) is 30.7 Å². The van der Waals surface area contributed by atoms with Crippen molar-refractivity contribution in [2.45, 2.75) is 27.7 Å². The van der Waals surface area contributed by atoms with Gasteiger partial charge in [0.25, 0.3) is 0 Å². The lowest BCUT2D eigenvalue weighted by Gasteiger charge is -2.24. The summed E-state index contributed by atoms with van der Waals surface area (Å²) >= 11 is 0. The monoisotopic (exact) mass is 323 g/mol. The SMILES string of the molecule is CCOC(=O)c1[nH]c(C)c(C(=O)CN(CC)C(=O)N(C)C)c1C. The lowest BCUT2D eigenvalue weighted by molar-refractivity contribution is 0.0519.